The van der Waals surface area contributed by atoms with Crippen molar-refractivity contribution in [2.45, 2.75) is 18.4 Å². The number of benzene rings is 2. The molecule has 1 N–H and O–H groups in total. The summed E-state index contributed by atoms with van der Waals surface area (Å²) in [6, 6.07) is 12.0. The van der Waals surface area contributed by atoms with Crippen LogP contribution in [0.4, 0.5) is 13.6 Å². The maximum atomic E-state index is 14.1. The Morgan fingerprint density at radius 3 is 2.32 bits per heavy atom. The summed E-state index contributed by atoms with van der Waals surface area (Å²) in [6.07, 6.45) is 0.887. The number of halogens is 2. The van der Waals surface area contributed by atoms with Gasteiger partial charge in [0.25, 0.3) is 0 Å². The highest BCUT2D eigenvalue weighted by molar-refractivity contribution is 5.76. The van der Waals surface area contributed by atoms with Crippen LogP contribution in [0.15, 0.2) is 42.5 Å². The molecule has 0 radical (unpaired) electrons. The maximum Gasteiger partial charge on any atom is 0.317 e. The number of urea groups is 1. The molecule has 0 unspecified atom stereocenters. The monoisotopic (exact) mass is 426 g/mol. The molecule has 1 aliphatic carbocycles. The minimum atomic E-state index is -0.236. The van der Waals surface area contributed by atoms with Gasteiger partial charge in [-0.05, 0) is 47.4 Å². The van der Waals surface area contributed by atoms with Gasteiger partial charge < -0.3 is 10.2 Å². The number of hydrogen-bond donors (Lipinski definition) is 1. The average molecular weight is 427 g/mol. The minimum absolute atomic E-state index is 0.0371. The van der Waals surface area contributed by atoms with Crippen LogP contribution in [0.1, 0.15) is 35.1 Å². The largest absolute Gasteiger partial charge is 0.336 e. The Kier molecular flexibility index (Phi) is 5.63. The molecule has 2 heterocycles. The fourth-order valence-electron chi connectivity index (χ4n) is 5.27. The Hall–Kier alpha value is -2.51. The molecule has 0 aromatic heterocycles. The number of nitrogens with zero attached hydrogens (tertiary/aromatic N) is 3. The minimum Gasteiger partial charge on any atom is -0.336 e. The van der Waals surface area contributed by atoms with Crippen molar-refractivity contribution in [3.63, 3.8) is 0 Å². The smallest absolute Gasteiger partial charge is 0.317 e. The molecule has 3 aliphatic rings. The molecule has 164 valence electrons. The van der Waals surface area contributed by atoms with Crippen molar-refractivity contribution in [1.29, 1.82) is 0 Å². The van der Waals surface area contributed by atoms with Crippen LogP contribution < -0.4 is 5.32 Å². The average Bonchev–Trinajstić information content (AvgIpc) is 3.36. The van der Waals surface area contributed by atoms with Crippen LogP contribution in [0.25, 0.3) is 0 Å². The van der Waals surface area contributed by atoms with Crippen molar-refractivity contribution in [3.8, 4) is 0 Å². The lowest BCUT2D eigenvalue weighted by atomic mass is 9.93. The second-order valence-electron chi connectivity index (χ2n) is 8.73. The first-order valence-corrected chi connectivity index (χ1v) is 11.1. The molecule has 2 aromatic carbocycles. The highest BCUT2D eigenvalue weighted by Gasteiger charge is 2.36. The Morgan fingerprint density at radius 1 is 0.871 bits per heavy atom. The summed E-state index contributed by atoms with van der Waals surface area (Å²) in [6.45, 7) is 6.89. The van der Waals surface area contributed by atoms with E-state index in [0.29, 0.717) is 0 Å². The summed E-state index contributed by atoms with van der Waals surface area (Å²) in [4.78, 5) is 18.5. The van der Waals surface area contributed by atoms with E-state index in [-0.39, 0.29) is 29.6 Å². The van der Waals surface area contributed by atoms with E-state index in [1.165, 1.54) is 18.2 Å². The van der Waals surface area contributed by atoms with Crippen LogP contribution in [0, 0.1) is 11.6 Å². The fraction of sp³-hybridized carbons (Fsp3) is 0.458. The normalized spacial score (nSPS) is 24.5. The number of nitrogens with one attached hydrogen (secondary N) is 1. The van der Waals surface area contributed by atoms with Crippen molar-refractivity contribution >= 4 is 6.03 Å². The predicted octanol–water partition coefficient (Wildman–Crippen LogP) is 3.18. The van der Waals surface area contributed by atoms with Gasteiger partial charge in [-0.3, -0.25) is 9.80 Å². The van der Waals surface area contributed by atoms with Crippen LogP contribution in [-0.2, 0) is 0 Å². The second kappa shape index (κ2) is 8.55. The predicted molar refractivity (Wildman–Crippen MR) is 115 cm³/mol. The van der Waals surface area contributed by atoms with Crippen LogP contribution in [0.3, 0.4) is 0 Å². The molecule has 2 aromatic rings. The van der Waals surface area contributed by atoms with E-state index in [9.17, 15) is 13.6 Å². The summed E-state index contributed by atoms with van der Waals surface area (Å²) >= 11 is 0. The number of amides is 2. The van der Waals surface area contributed by atoms with Gasteiger partial charge in [0.15, 0.2) is 0 Å². The molecule has 2 atom stereocenters. The molecular weight excluding hydrogens is 398 g/mol. The van der Waals surface area contributed by atoms with Gasteiger partial charge >= 0.3 is 6.03 Å². The van der Waals surface area contributed by atoms with Gasteiger partial charge in [0.05, 0.1) is 0 Å². The number of carbonyl (C=O) groups is 1. The third-order valence-corrected chi connectivity index (χ3v) is 6.99. The fourth-order valence-corrected chi connectivity index (χ4v) is 5.27. The summed E-state index contributed by atoms with van der Waals surface area (Å²) < 4.78 is 27.5. The summed E-state index contributed by atoms with van der Waals surface area (Å²) in [5, 5.41) is 2.84. The first-order chi connectivity index (χ1) is 15.1. The molecule has 5 nitrogen and oxygen atoms in total. The molecule has 2 amide bonds. The van der Waals surface area contributed by atoms with Crippen molar-refractivity contribution in [3.05, 3.63) is 70.8 Å². The third kappa shape index (κ3) is 4.16. The van der Waals surface area contributed by atoms with Crippen LogP contribution in [-0.4, -0.2) is 73.1 Å². The van der Waals surface area contributed by atoms with E-state index >= 15 is 0 Å². The van der Waals surface area contributed by atoms with E-state index < -0.39 is 0 Å². The van der Waals surface area contributed by atoms with Crippen LogP contribution >= 0.6 is 0 Å². The van der Waals surface area contributed by atoms with E-state index in [1.807, 2.05) is 23.1 Å². The lowest BCUT2D eigenvalue weighted by Gasteiger charge is -2.39. The molecular formula is C24H28F2N4O. The van der Waals surface area contributed by atoms with Crippen LogP contribution in [0.2, 0.25) is 0 Å². The quantitative estimate of drug-likeness (QED) is 0.798. The van der Waals surface area contributed by atoms with Crippen molar-refractivity contribution in [2.75, 3.05) is 52.4 Å². The van der Waals surface area contributed by atoms with Gasteiger partial charge in [0.2, 0.25) is 0 Å². The standard InChI is InChI=1S/C24H28F2N4O/c25-18-3-1-17(2-4-18)21-16-23(22-15-19(26)5-6-20(21)22)29-12-9-28(10-13-29)11-14-30-8-7-27-24(30)31/h1-6,15,21,23H,7-14,16H2,(H,27,31)/t21-,23+/m1/s1. The highest BCUT2D eigenvalue weighted by Crippen LogP contribution is 2.47. The Morgan fingerprint density at radius 2 is 1.61 bits per heavy atom. The van der Waals surface area contributed by atoms with E-state index in [2.05, 4.69) is 15.1 Å². The Bertz CT molecular complexity index is 943. The maximum absolute atomic E-state index is 14.1. The molecule has 31 heavy (non-hydrogen) atoms. The van der Waals surface area contributed by atoms with Gasteiger partial charge in [-0.1, -0.05) is 18.2 Å². The van der Waals surface area contributed by atoms with Crippen molar-refractivity contribution in [1.82, 2.24) is 20.0 Å². The van der Waals surface area contributed by atoms with Crippen molar-refractivity contribution < 1.29 is 13.6 Å². The summed E-state index contributed by atoms with van der Waals surface area (Å²) in [7, 11) is 0. The summed E-state index contributed by atoms with van der Waals surface area (Å²) in [5.41, 5.74) is 3.30. The molecule has 0 saturated carbocycles. The van der Waals surface area contributed by atoms with Gasteiger partial charge in [-0.15, -0.1) is 0 Å². The molecule has 2 saturated heterocycles. The lowest BCUT2D eigenvalue weighted by Crippen LogP contribution is -2.49. The molecule has 0 bridgehead atoms. The van der Waals surface area contributed by atoms with Gasteiger partial charge in [-0.25, -0.2) is 13.6 Å². The number of hydrogen-bond acceptors (Lipinski definition) is 3. The number of rotatable bonds is 5. The van der Waals surface area contributed by atoms with E-state index in [0.717, 1.165) is 75.5 Å². The molecule has 7 heteroatoms. The zero-order chi connectivity index (χ0) is 21.4. The highest BCUT2D eigenvalue weighted by atomic mass is 19.1. The second-order valence-corrected chi connectivity index (χ2v) is 8.73. The first kappa shape index (κ1) is 20.4. The third-order valence-electron chi connectivity index (χ3n) is 6.99. The molecule has 2 fully saturated rings. The zero-order valence-electron chi connectivity index (χ0n) is 17.6. The van der Waals surface area contributed by atoms with Gasteiger partial charge in [0, 0.05) is 64.3 Å². The molecule has 5 rings (SSSR count). The summed E-state index contributed by atoms with van der Waals surface area (Å²) in [5.74, 6) is -0.279. The SMILES string of the molecule is O=C1NCCN1CCN1CCN([C@H]2C[C@H](c3ccc(F)cc3)c3ccc(F)cc32)CC1. The van der Waals surface area contributed by atoms with Crippen LogP contribution in [0.5, 0.6) is 0 Å². The van der Waals surface area contributed by atoms with E-state index in [4.69, 9.17) is 0 Å². The number of carbonyl (C=O) groups excluding carboxylic acids is 1. The van der Waals surface area contributed by atoms with Crippen molar-refractivity contribution in [2.24, 2.45) is 0 Å². The zero-order valence-corrected chi connectivity index (χ0v) is 17.6. The Balaban J connectivity index is 1.26. The van der Waals surface area contributed by atoms with Gasteiger partial charge in [-0.2, -0.15) is 0 Å². The molecule has 2 aliphatic heterocycles. The van der Waals surface area contributed by atoms with E-state index in [1.54, 1.807) is 6.07 Å². The topological polar surface area (TPSA) is 38.8 Å². The Labute approximate surface area is 181 Å². The number of piperazine rings is 1. The molecule has 0 spiro atoms. The number of fused-ring (bicyclic) bond motifs is 1. The van der Waals surface area contributed by atoms with Gasteiger partial charge in [0.1, 0.15) is 11.6 Å². The first-order valence-electron chi connectivity index (χ1n) is 11.1. The lowest BCUT2D eigenvalue weighted by molar-refractivity contribution is 0.0904.